The second-order valence-corrected chi connectivity index (χ2v) is 7.39. The molecule has 1 aliphatic rings. The Kier molecular flexibility index (Phi) is 5.38. The Morgan fingerprint density at radius 2 is 1.62 bits per heavy atom. The Labute approximate surface area is 170 Å². The minimum absolute atomic E-state index is 0.286. The van der Waals surface area contributed by atoms with E-state index in [9.17, 15) is 9.90 Å². The van der Waals surface area contributed by atoms with Crippen LogP contribution in [0.4, 0.5) is 5.69 Å². The van der Waals surface area contributed by atoms with Gasteiger partial charge < -0.3 is 19.3 Å². The summed E-state index contributed by atoms with van der Waals surface area (Å²) in [6.45, 7) is 4.17. The molecule has 0 aliphatic carbocycles. The van der Waals surface area contributed by atoms with E-state index in [2.05, 4.69) is 18.4 Å². The molecule has 2 aromatic rings. The summed E-state index contributed by atoms with van der Waals surface area (Å²) in [4.78, 5) is 11.4. The Morgan fingerprint density at radius 1 is 1.00 bits per heavy atom. The zero-order valence-corrected chi connectivity index (χ0v) is 17.6. The topological polar surface area (TPSA) is 68.0 Å². The molecule has 1 heterocycles. The summed E-state index contributed by atoms with van der Waals surface area (Å²) in [5.74, 6) is 1.00. The third kappa shape index (κ3) is 3.46. The van der Waals surface area contributed by atoms with E-state index in [-0.39, 0.29) is 11.0 Å². The van der Waals surface area contributed by atoms with Crippen LogP contribution < -0.4 is 14.2 Å². The molecule has 152 valence electrons. The van der Waals surface area contributed by atoms with Gasteiger partial charge in [0.25, 0.3) is 0 Å². The quantitative estimate of drug-likeness (QED) is 0.744. The summed E-state index contributed by atoms with van der Waals surface area (Å²) in [7, 11) is 6.79. The first-order valence-corrected chi connectivity index (χ1v) is 9.21. The van der Waals surface area contributed by atoms with Crippen molar-refractivity contribution in [3.8, 4) is 17.2 Å². The van der Waals surface area contributed by atoms with E-state index in [1.54, 1.807) is 33.5 Å². The van der Waals surface area contributed by atoms with Gasteiger partial charge in [0, 0.05) is 29.8 Å². The fourth-order valence-corrected chi connectivity index (χ4v) is 3.83. The van der Waals surface area contributed by atoms with Gasteiger partial charge in [-0.25, -0.2) is 4.79 Å². The van der Waals surface area contributed by atoms with Crippen molar-refractivity contribution in [2.24, 2.45) is 0 Å². The predicted molar refractivity (Wildman–Crippen MR) is 112 cm³/mol. The summed E-state index contributed by atoms with van der Waals surface area (Å²) in [6, 6.07) is 8.86. The highest BCUT2D eigenvalue weighted by atomic mass is 16.5. The lowest BCUT2D eigenvalue weighted by Gasteiger charge is -2.16. The summed E-state index contributed by atoms with van der Waals surface area (Å²) < 4.78 is 18.5. The molecule has 2 aromatic carbocycles. The minimum Gasteiger partial charge on any atom is -0.496 e. The van der Waals surface area contributed by atoms with Gasteiger partial charge in [-0.2, -0.15) is 4.58 Å². The van der Waals surface area contributed by atoms with E-state index in [4.69, 9.17) is 14.2 Å². The molecular weight excluding hydrogens is 370 g/mol. The lowest BCUT2D eigenvalue weighted by molar-refractivity contribution is -0.401. The van der Waals surface area contributed by atoms with Gasteiger partial charge in [0.2, 0.25) is 5.69 Å². The van der Waals surface area contributed by atoms with Gasteiger partial charge in [0.15, 0.2) is 5.71 Å². The van der Waals surface area contributed by atoms with Crippen molar-refractivity contribution in [2.75, 3.05) is 28.4 Å². The van der Waals surface area contributed by atoms with E-state index >= 15 is 0 Å². The summed E-state index contributed by atoms with van der Waals surface area (Å²) in [5.41, 5.74) is 3.74. The van der Waals surface area contributed by atoms with Crippen molar-refractivity contribution in [2.45, 2.75) is 19.3 Å². The molecule has 0 spiro atoms. The second kappa shape index (κ2) is 7.62. The molecule has 0 unspecified atom stereocenters. The van der Waals surface area contributed by atoms with Crippen molar-refractivity contribution < 1.29 is 28.7 Å². The Hall–Kier alpha value is -3.28. The molecule has 3 rings (SSSR count). The first-order chi connectivity index (χ1) is 13.7. The molecule has 1 aliphatic heterocycles. The number of benzene rings is 2. The highest BCUT2D eigenvalue weighted by Gasteiger charge is 2.43. The number of hydrogen-bond donors (Lipinski definition) is 1. The van der Waals surface area contributed by atoms with E-state index in [1.807, 2.05) is 37.4 Å². The number of fused-ring (bicyclic) bond motifs is 1. The van der Waals surface area contributed by atoms with Gasteiger partial charge in [0.1, 0.15) is 24.3 Å². The van der Waals surface area contributed by atoms with Gasteiger partial charge in [-0.3, -0.25) is 0 Å². The lowest BCUT2D eigenvalue weighted by atomic mass is 9.80. The van der Waals surface area contributed by atoms with E-state index in [0.29, 0.717) is 17.2 Å². The second-order valence-electron chi connectivity index (χ2n) is 7.39. The van der Waals surface area contributed by atoms with Crippen molar-refractivity contribution >= 4 is 23.4 Å². The number of ether oxygens (including phenoxy) is 3. The molecule has 1 N–H and O–H groups in total. The molecule has 6 heteroatoms. The maximum Gasteiger partial charge on any atom is 0.335 e. The number of rotatable bonds is 6. The smallest absolute Gasteiger partial charge is 0.335 e. The number of nitrogens with zero attached hydrogens (tertiary/aromatic N) is 1. The summed E-state index contributed by atoms with van der Waals surface area (Å²) in [5, 5.41) is 9.36. The van der Waals surface area contributed by atoms with Crippen molar-refractivity contribution in [1.82, 2.24) is 0 Å². The van der Waals surface area contributed by atoms with Crippen LogP contribution in [0.25, 0.3) is 6.08 Å². The van der Waals surface area contributed by atoms with Crippen LogP contribution >= 0.6 is 0 Å². The van der Waals surface area contributed by atoms with Crippen LogP contribution in [0.15, 0.2) is 36.4 Å². The van der Waals surface area contributed by atoms with Crippen molar-refractivity contribution in [3.63, 3.8) is 0 Å². The first kappa shape index (κ1) is 20.5. The van der Waals surface area contributed by atoms with Crippen molar-refractivity contribution in [1.29, 1.82) is 0 Å². The van der Waals surface area contributed by atoms with Gasteiger partial charge in [-0.05, 0) is 32.1 Å². The van der Waals surface area contributed by atoms with Crippen LogP contribution in [-0.2, 0) is 5.41 Å². The van der Waals surface area contributed by atoms with Gasteiger partial charge in [0.05, 0.1) is 37.9 Å². The van der Waals surface area contributed by atoms with Gasteiger partial charge in [-0.15, -0.1) is 0 Å². The fraction of sp³-hybridized carbons (Fsp3) is 0.304. The molecule has 0 bridgehead atoms. The number of carboxylic acid groups (broad SMARTS) is 1. The number of methoxy groups -OCH3 is 3. The normalized spacial score (nSPS) is 14.8. The van der Waals surface area contributed by atoms with E-state index < -0.39 is 5.97 Å². The molecular formula is C23H26NO5+. The minimum atomic E-state index is -0.928. The number of carbonyl (C=O) groups is 1. The van der Waals surface area contributed by atoms with Crippen molar-refractivity contribution in [3.05, 3.63) is 53.1 Å². The highest BCUT2D eigenvalue weighted by molar-refractivity contribution is 6.06. The average molecular weight is 396 g/mol. The molecule has 0 saturated heterocycles. The first-order valence-electron chi connectivity index (χ1n) is 9.21. The molecule has 0 atom stereocenters. The summed E-state index contributed by atoms with van der Waals surface area (Å²) >= 11 is 0. The maximum absolute atomic E-state index is 11.4. The van der Waals surface area contributed by atoms with Crippen LogP contribution in [0.1, 0.15) is 35.3 Å². The van der Waals surface area contributed by atoms with Crippen LogP contribution in [-0.4, -0.2) is 49.7 Å². The monoisotopic (exact) mass is 396 g/mol. The van der Waals surface area contributed by atoms with Gasteiger partial charge >= 0.3 is 5.97 Å². The summed E-state index contributed by atoms with van der Waals surface area (Å²) in [6.07, 6.45) is 3.97. The zero-order valence-electron chi connectivity index (χ0n) is 17.6. The third-order valence-electron chi connectivity index (χ3n) is 5.44. The molecule has 0 fully saturated rings. The molecule has 0 aromatic heterocycles. The Morgan fingerprint density at radius 3 is 2.14 bits per heavy atom. The standard InChI is InChI=1S/C23H25NO5/c1-23(2)17-11-14(22(25)26)7-9-18(17)24(3)21(23)10-8-16-19(28-5)12-15(27-4)13-20(16)29-6/h7-13H,1-6H3/p+1. The third-order valence-corrected chi connectivity index (χ3v) is 5.44. The number of allylic oxidation sites excluding steroid dienone is 1. The predicted octanol–water partition coefficient (Wildman–Crippen LogP) is 4.13. The SMILES string of the molecule is COc1cc(OC)c(C=CC2=[N+](C)c3ccc(C(=O)O)cc3C2(C)C)c(OC)c1. The average Bonchev–Trinajstić information content (AvgIpc) is 2.90. The fourth-order valence-electron chi connectivity index (χ4n) is 3.83. The largest absolute Gasteiger partial charge is 0.496 e. The Balaban J connectivity index is 2.08. The number of hydrogen-bond acceptors (Lipinski definition) is 4. The molecule has 0 radical (unpaired) electrons. The molecule has 0 saturated carbocycles. The van der Waals surface area contributed by atoms with E-state index in [1.165, 1.54) is 0 Å². The molecule has 6 nitrogen and oxygen atoms in total. The maximum atomic E-state index is 11.4. The highest BCUT2D eigenvalue weighted by Crippen LogP contribution is 2.41. The number of aromatic carboxylic acids is 1. The Bertz CT molecular complexity index is 1010. The van der Waals surface area contributed by atoms with Gasteiger partial charge in [-0.1, -0.05) is 0 Å². The lowest BCUT2D eigenvalue weighted by Crippen LogP contribution is -2.26. The van der Waals surface area contributed by atoms with E-state index in [0.717, 1.165) is 22.5 Å². The van der Waals surface area contributed by atoms with Crippen LogP contribution in [0.3, 0.4) is 0 Å². The number of carboxylic acids is 1. The van der Waals surface area contributed by atoms with Crippen LogP contribution in [0, 0.1) is 0 Å². The molecule has 0 amide bonds. The zero-order chi connectivity index (χ0) is 21.3. The van der Waals surface area contributed by atoms with Crippen LogP contribution in [0.5, 0.6) is 17.2 Å². The van der Waals surface area contributed by atoms with Crippen LogP contribution in [0.2, 0.25) is 0 Å². The molecule has 29 heavy (non-hydrogen) atoms.